The van der Waals surface area contributed by atoms with Crippen LogP contribution in [-0.2, 0) is 0 Å². The van der Waals surface area contributed by atoms with E-state index in [4.69, 9.17) is 0 Å². The van der Waals surface area contributed by atoms with E-state index in [1.54, 1.807) is 0 Å². The molecule has 2 rings (SSSR count). The van der Waals surface area contributed by atoms with Gasteiger partial charge in [0.05, 0.1) is 0 Å². The Kier molecular flexibility index (Phi) is 4.53. The number of rotatable bonds is 3. The van der Waals surface area contributed by atoms with Gasteiger partial charge in [-0.25, -0.2) is 4.39 Å². The minimum atomic E-state index is -4.88. The van der Waals surface area contributed by atoms with Gasteiger partial charge in [0.2, 0.25) is 0 Å². The lowest BCUT2D eigenvalue weighted by atomic mass is 10.0. The Morgan fingerprint density at radius 2 is 1.76 bits per heavy atom. The van der Waals surface area contributed by atoms with Crippen molar-refractivity contribution >= 4 is 15.9 Å². The molecule has 0 fully saturated rings. The lowest BCUT2D eigenvalue weighted by Gasteiger charge is -2.17. The van der Waals surface area contributed by atoms with E-state index in [1.807, 2.05) is 0 Å². The Morgan fingerprint density at radius 1 is 1.10 bits per heavy atom. The number of hydrogen-bond donors (Lipinski definition) is 1. The quantitative estimate of drug-likeness (QED) is 0.808. The largest absolute Gasteiger partial charge is 0.573 e. The summed E-state index contributed by atoms with van der Waals surface area (Å²) in [6.45, 7) is 0. The van der Waals surface area contributed by atoms with Crippen molar-refractivity contribution < 1.29 is 27.4 Å². The van der Waals surface area contributed by atoms with Gasteiger partial charge >= 0.3 is 6.36 Å². The fourth-order valence-electron chi connectivity index (χ4n) is 1.84. The minimum absolute atomic E-state index is 0.104. The van der Waals surface area contributed by atoms with Crippen LogP contribution < -0.4 is 4.74 Å². The maximum absolute atomic E-state index is 13.3. The number of ether oxygens (including phenoxy) is 1. The molecule has 0 aromatic heterocycles. The molecule has 0 aliphatic rings. The van der Waals surface area contributed by atoms with Crippen molar-refractivity contribution in [2.75, 3.05) is 0 Å². The van der Waals surface area contributed by atoms with Gasteiger partial charge in [-0.2, -0.15) is 0 Å². The van der Waals surface area contributed by atoms with Crippen LogP contribution >= 0.6 is 15.9 Å². The van der Waals surface area contributed by atoms with Crippen molar-refractivity contribution in [3.05, 3.63) is 63.9 Å². The molecular formula is C14H9BrF4O2. The van der Waals surface area contributed by atoms with E-state index in [1.165, 1.54) is 30.3 Å². The third kappa shape index (κ3) is 4.18. The summed E-state index contributed by atoms with van der Waals surface area (Å²) in [4.78, 5) is 0. The average Bonchev–Trinajstić information content (AvgIpc) is 2.35. The summed E-state index contributed by atoms with van der Waals surface area (Å²) < 4.78 is 54.6. The van der Waals surface area contributed by atoms with E-state index in [9.17, 15) is 22.7 Å². The standard InChI is InChI=1S/C14H9BrF4O2/c15-9-5-8(6-10(16)7-9)13(20)11-3-1-2-4-12(11)21-14(17,18)19/h1-7,13,20H. The Morgan fingerprint density at radius 3 is 2.38 bits per heavy atom. The molecule has 1 unspecified atom stereocenters. The molecule has 7 heteroatoms. The molecular weight excluding hydrogens is 356 g/mol. The smallest absolute Gasteiger partial charge is 0.405 e. The number of aliphatic hydroxyl groups excluding tert-OH is 1. The van der Waals surface area contributed by atoms with Gasteiger partial charge in [-0.1, -0.05) is 34.1 Å². The number of halogens is 5. The average molecular weight is 365 g/mol. The third-order valence-corrected chi connectivity index (χ3v) is 3.10. The topological polar surface area (TPSA) is 29.5 Å². The molecule has 0 spiro atoms. The van der Waals surface area contributed by atoms with Crippen LogP contribution in [0.25, 0.3) is 0 Å². The second-order valence-corrected chi connectivity index (χ2v) is 5.11. The molecule has 2 aromatic rings. The number of alkyl halides is 3. The lowest BCUT2D eigenvalue weighted by molar-refractivity contribution is -0.275. The van der Waals surface area contributed by atoms with Crippen molar-refractivity contribution in [2.45, 2.75) is 12.5 Å². The molecule has 1 atom stereocenters. The Balaban J connectivity index is 2.41. The van der Waals surface area contributed by atoms with Gasteiger partial charge in [0.25, 0.3) is 0 Å². The van der Waals surface area contributed by atoms with Gasteiger partial charge in [0.1, 0.15) is 17.7 Å². The molecule has 2 aromatic carbocycles. The predicted octanol–water partition coefficient (Wildman–Crippen LogP) is 4.57. The van der Waals surface area contributed by atoms with Gasteiger partial charge in [0, 0.05) is 10.0 Å². The third-order valence-electron chi connectivity index (χ3n) is 2.64. The van der Waals surface area contributed by atoms with E-state index in [2.05, 4.69) is 20.7 Å². The van der Waals surface area contributed by atoms with Crippen LogP contribution in [0, 0.1) is 5.82 Å². The van der Waals surface area contributed by atoms with Gasteiger partial charge < -0.3 is 9.84 Å². The predicted molar refractivity (Wildman–Crippen MR) is 71.3 cm³/mol. The van der Waals surface area contributed by atoms with E-state index in [0.29, 0.717) is 4.47 Å². The first-order valence-electron chi connectivity index (χ1n) is 5.75. The number of aliphatic hydroxyl groups is 1. The van der Waals surface area contributed by atoms with Crippen LogP contribution in [0.3, 0.4) is 0 Å². The molecule has 0 saturated carbocycles. The molecule has 2 nitrogen and oxygen atoms in total. The van der Waals surface area contributed by atoms with E-state index < -0.39 is 24.0 Å². The second kappa shape index (κ2) is 6.03. The maximum Gasteiger partial charge on any atom is 0.573 e. The molecule has 21 heavy (non-hydrogen) atoms. The SMILES string of the molecule is OC(c1cc(F)cc(Br)c1)c1ccccc1OC(F)(F)F. The summed E-state index contributed by atoms with van der Waals surface area (Å²) in [5.41, 5.74) is 0.00687. The first kappa shape index (κ1) is 15.8. The minimum Gasteiger partial charge on any atom is -0.405 e. The van der Waals surface area contributed by atoms with Gasteiger partial charge in [0.15, 0.2) is 0 Å². The van der Waals surface area contributed by atoms with Crippen molar-refractivity contribution in [3.63, 3.8) is 0 Å². The Hall–Kier alpha value is -1.60. The van der Waals surface area contributed by atoms with E-state index >= 15 is 0 Å². The fraction of sp³-hybridized carbons (Fsp3) is 0.143. The van der Waals surface area contributed by atoms with Crippen molar-refractivity contribution in [1.82, 2.24) is 0 Å². The van der Waals surface area contributed by atoms with Gasteiger partial charge in [-0.05, 0) is 29.8 Å². The molecule has 0 aliphatic heterocycles. The highest BCUT2D eigenvalue weighted by atomic mass is 79.9. The van der Waals surface area contributed by atoms with Crippen LogP contribution in [0.5, 0.6) is 5.75 Å². The Bertz CT molecular complexity index is 623. The van der Waals surface area contributed by atoms with Crippen LogP contribution in [-0.4, -0.2) is 11.5 Å². The van der Waals surface area contributed by atoms with Gasteiger partial charge in [-0.15, -0.1) is 13.2 Å². The van der Waals surface area contributed by atoms with E-state index in [-0.39, 0.29) is 11.1 Å². The first-order valence-corrected chi connectivity index (χ1v) is 6.54. The number of benzene rings is 2. The molecule has 1 N–H and O–H groups in total. The molecule has 0 aliphatic carbocycles. The first-order chi connectivity index (χ1) is 9.76. The van der Waals surface area contributed by atoms with Crippen molar-refractivity contribution in [2.24, 2.45) is 0 Å². The zero-order valence-electron chi connectivity index (χ0n) is 10.4. The zero-order valence-corrected chi connectivity index (χ0v) is 12.0. The monoisotopic (exact) mass is 364 g/mol. The summed E-state index contributed by atoms with van der Waals surface area (Å²) in [5.74, 6) is -1.15. The van der Waals surface area contributed by atoms with Gasteiger partial charge in [-0.3, -0.25) is 0 Å². The molecule has 0 amide bonds. The Labute approximate surface area is 126 Å². The van der Waals surface area contributed by atoms with Crippen LogP contribution in [0.1, 0.15) is 17.2 Å². The van der Waals surface area contributed by atoms with Crippen LogP contribution in [0.15, 0.2) is 46.9 Å². The highest BCUT2D eigenvalue weighted by Gasteiger charge is 2.33. The number of hydrogen-bond acceptors (Lipinski definition) is 2. The highest BCUT2D eigenvalue weighted by Crippen LogP contribution is 2.34. The highest BCUT2D eigenvalue weighted by molar-refractivity contribution is 9.10. The zero-order chi connectivity index (χ0) is 15.6. The van der Waals surface area contributed by atoms with Crippen molar-refractivity contribution in [3.8, 4) is 5.75 Å². The normalized spacial score (nSPS) is 13.0. The maximum atomic E-state index is 13.3. The number of para-hydroxylation sites is 1. The summed E-state index contributed by atoms with van der Waals surface area (Å²) in [6.07, 6.45) is -6.33. The van der Waals surface area contributed by atoms with Crippen molar-refractivity contribution in [1.29, 1.82) is 0 Å². The summed E-state index contributed by atoms with van der Waals surface area (Å²) in [5, 5.41) is 10.2. The fourth-order valence-corrected chi connectivity index (χ4v) is 2.32. The van der Waals surface area contributed by atoms with E-state index in [0.717, 1.165) is 12.1 Å². The molecule has 112 valence electrons. The molecule has 0 saturated heterocycles. The lowest BCUT2D eigenvalue weighted by Crippen LogP contribution is -2.18. The molecule has 0 bridgehead atoms. The van der Waals surface area contributed by atoms with Crippen LogP contribution in [0.2, 0.25) is 0 Å². The molecule has 0 heterocycles. The van der Waals surface area contributed by atoms with Crippen LogP contribution in [0.4, 0.5) is 17.6 Å². The molecule has 0 radical (unpaired) electrons. The summed E-state index contributed by atoms with van der Waals surface area (Å²) >= 11 is 3.06. The summed E-state index contributed by atoms with van der Waals surface area (Å²) in [7, 11) is 0. The second-order valence-electron chi connectivity index (χ2n) is 4.19. The summed E-state index contributed by atoms with van der Waals surface area (Å²) in [6, 6.07) is 8.80.